The van der Waals surface area contributed by atoms with Gasteiger partial charge in [-0.25, -0.2) is 0 Å². The van der Waals surface area contributed by atoms with Crippen molar-refractivity contribution >= 4 is 28.8 Å². The van der Waals surface area contributed by atoms with Crippen LogP contribution in [-0.2, 0) is 16.1 Å². The Kier molecular flexibility index (Phi) is 5.08. The molecule has 6 heteroatoms. The highest BCUT2D eigenvalue weighted by Crippen LogP contribution is 2.34. The predicted octanol–water partition coefficient (Wildman–Crippen LogP) is 3.04. The van der Waals surface area contributed by atoms with Crippen LogP contribution in [-0.4, -0.2) is 25.5 Å². The van der Waals surface area contributed by atoms with Crippen molar-refractivity contribution in [2.75, 3.05) is 18.6 Å². The lowest BCUT2D eigenvalue weighted by molar-refractivity contribution is -0.126. The third-order valence-corrected chi connectivity index (χ3v) is 5.54. The van der Waals surface area contributed by atoms with Crippen LogP contribution in [0.15, 0.2) is 29.6 Å². The van der Waals surface area contributed by atoms with Crippen LogP contribution in [0.5, 0.6) is 5.75 Å². The molecular formula is C19H22N2O3S. The molecule has 1 aliphatic rings. The summed E-state index contributed by atoms with van der Waals surface area (Å²) in [4.78, 5) is 27.7. The summed E-state index contributed by atoms with van der Waals surface area (Å²) in [6, 6.07) is 7.75. The third kappa shape index (κ3) is 3.69. The van der Waals surface area contributed by atoms with Gasteiger partial charge < -0.3 is 15.0 Å². The minimum atomic E-state index is -0.335. The van der Waals surface area contributed by atoms with Crippen molar-refractivity contribution in [3.63, 3.8) is 0 Å². The number of rotatable bonds is 5. The van der Waals surface area contributed by atoms with Gasteiger partial charge in [0, 0.05) is 17.8 Å². The summed E-state index contributed by atoms with van der Waals surface area (Å²) < 4.78 is 5.37. The Hall–Kier alpha value is -2.34. The summed E-state index contributed by atoms with van der Waals surface area (Å²) >= 11 is 1.63. The van der Waals surface area contributed by atoms with E-state index in [1.54, 1.807) is 23.3 Å². The number of methoxy groups -OCH3 is 1. The fourth-order valence-electron chi connectivity index (χ4n) is 3.02. The number of hydrogen-bond acceptors (Lipinski definition) is 4. The number of hydrogen-bond donors (Lipinski definition) is 1. The number of anilines is 1. The quantitative estimate of drug-likeness (QED) is 0.894. The van der Waals surface area contributed by atoms with Crippen LogP contribution in [0.4, 0.5) is 5.69 Å². The van der Waals surface area contributed by atoms with E-state index in [9.17, 15) is 9.59 Å². The van der Waals surface area contributed by atoms with Crippen LogP contribution in [0.25, 0.3) is 0 Å². The second-order valence-electron chi connectivity index (χ2n) is 6.33. The fraction of sp³-hybridized carbons (Fsp3) is 0.368. The van der Waals surface area contributed by atoms with Gasteiger partial charge in [-0.3, -0.25) is 9.59 Å². The lowest BCUT2D eigenvalue weighted by atomic mass is 10.1. The van der Waals surface area contributed by atoms with Crippen molar-refractivity contribution < 1.29 is 14.3 Å². The van der Waals surface area contributed by atoms with Crippen molar-refractivity contribution in [2.24, 2.45) is 5.92 Å². The molecule has 1 aromatic heterocycles. The minimum Gasteiger partial charge on any atom is -0.495 e. The summed E-state index contributed by atoms with van der Waals surface area (Å²) in [6.07, 6.45) is 0.229. The summed E-state index contributed by atoms with van der Waals surface area (Å²) in [5.41, 5.74) is 2.96. The number of ether oxygens (including phenoxy) is 1. The van der Waals surface area contributed by atoms with Crippen LogP contribution >= 0.6 is 11.3 Å². The number of benzene rings is 1. The number of amides is 2. The Morgan fingerprint density at radius 1 is 1.36 bits per heavy atom. The Balaban J connectivity index is 1.69. The maximum atomic E-state index is 12.5. The van der Waals surface area contributed by atoms with E-state index >= 15 is 0 Å². The van der Waals surface area contributed by atoms with Gasteiger partial charge in [-0.1, -0.05) is 6.07 Å². The van der Waals surface area contributed by atoms with E-state index < -0.39 is 0 Å². The van der Waals surface area contributed by atoms with Gasteiger partial charge in [-0.2, -0.15) is 0 Å². The topological polar surface area (TPSA) is 58.6 Å². The molecule has 3 rings (SSSR count). The Labute approximate surface area is 151 Å². The summed E-state index contributed by atoms with van der Waals surface area (Å²) in [7, 11) is 1.59. The van der Waals surface area contributed by atoms with E-state index in [1.807, 2.05) is 43.5 Å². The molecule has 1 saturated heterocycles. The Morgan fingerprint density at radius 3 is 2.84 bits per heavy atom. The van der Waals surface area contributed by atoms with E-state index in [4.69, 9.17) is 4.74 Å². The van der Waals surface area contributed by atoms with Gasteiger partial charge in [0.2, 0.25) is 11.8 Å². The number of nitrogens with one attached hydrogen (secondary N) is 1. The van der Waals surface area contributed by atoms with Crippen LogP contribution in [0.2, 0.25) is 0 Å². The molecule has 1 atom stereocenters. The largest absolute Gasteiger partial charge is 0.495 e. The lowest BCUT2D eigenvalue weighted by Crippen LogP contribution is -2.32. The first-order valence-electron chi connectivity index (χ1n) is 8.25. The van der Waals surface area contributed by atoms with Gasteiger partial charge in [-0.05, 0) is 48.6 Å². The van der Waals surface area contributed by atoms with E-state index in [-0.39, 0.29) is 24.2 Å². The second kappa shape index (κ2) is 7.27. The van der Waals surface area contributed by atoms with E-state index in [0.29, 0.717) is 18.8 Å². The minimum absolute atomic E-state index is 0.0450. The first kappa shape index (κ1) is 17.5. The zero-order chi connectivity index (χ0) is 18.0. The molecule has 2 heterocycles. The molecule has 132 valence electrons. The van der Waals surface area contributed by atoms with E-state index in [0.717, 1.165) is 16.1 Å². The smallest absolute Gasteiger partial charge is 0.227 e. The second-order valence-corrected chi connectivity index (χ2v) is 7.33. The standard InChI is InChI=1S/C19H22N2O3S/c1-12-4-5-16(24-3)15(8-12)21-11-14(9-18(21)22)19(23)20-10-17-13(2)6-7-25-17/h4-8,14H,9-11H2,1-3H3,(H,20,23). The first-order chi connectivity index (χ1) is 12.0. The molecule has 2 amide bonds. The summed E-state index contributed by atoms with van der Waals surface area (Å²) in [5, 5.41) is 4.98. The van der Waals surface area contributed by atoms with Gasteiger partial charge in [-0.15, -0.1) is 11.3 Å². The maximum absolute atomic E-state index is 12.5. The molecule has 1 unspecified atom stereocenters. The van der Waals surface area contributed by atoms with Gasteiger partial charge in [0.15, 0.2) is 0 Å². The molecule has 0 radical (unpaired) electrons. The zero-order valence-electron chi connectivity index (χ0n) is 14.7. The molecule has 0 aliphatic carbocycles. The number of nitrogens with zero attached hydrogens (tertiary/aromatic N) is 1. The highest BCUT2D eigenvalue weighted by Gasteiger charge is 2.36. The fourth-order valence-corrected chi connectivity index (χ4v) is 3.87. The van der Waals surface area contributed by atoms with Gasteiger partial charge in [0.25, 0.3) is 0 Å². The zero-order valence-corrected chi connectivity index (χ0v) is 15.5. The van der Waals surface area contributed by atoms with E-state index in [1.165, 1.54) is 5.56 Å². The normalized spacial score (nSPS) is 17.0. The Bertz CT molecular complexity index is 800. The van der Waals surface area contributed by atoms with Crippen molar-refractivity contribution in [2.45, 2.75) is 26.8 Å². The van der Waals surface area contributed by atoms with Crippen LogP contribution < -0.4 is 15.0 Å². The van der Waals surface area contributed by atoms with Crippen LogP contribution in [0, 0.1) is 19.8 Å². The van der Waals surface area contributed by atoms with Crippen molar-refractivity contribution in [3.05, 3.63) is 45.6 Å². The third-order valence-electron chi connectivity index (χ3n) is 4.51. The monoisotopic (exact) mass is 358 g/mol. The average molecular weight is 358 g/mol. The summed E-state index contributed by atoms with van der Waals surface area (Å²) in [6.45, 7) is 4.90. The molecule has 2 aromatic rings. The first-order valence-corrected chi connectivity index (χ1v) is 9.13. The van der Waals surface area contributed by atoms with Crippen molar-refractivity contribution in [1.29, 1.82) is 0 Å². The summed E-state index contributed by atoms with van der Waals surface area (Å²) in [5.74, 6) is 0.193. The van der Waals surface area contributed by atoms with Crippen molar-refractivity contribution in [3.8, 4) is 5.75 Å². The molecule has 5 nitrogen and oxygen atoms in total. The molecule has 0 bridgehead atoms. The highest BCUT2D eigenvalue weighted by atomic mass is 32.1. The SMILES string of the molecule is COc1ccc(C)cc1N1CC(C(=O)NCc2sccc2C)CC1=O. The van der Waals surface area contributed by atoms with E-state index in [2.05, 4.69) is 5.32 Å². The highest BCUT2D eigenvalue weighted by molar-refractivity contribution is 7.10. The Morgan fingerprint density at radius 2 is 2.16 bits per heavy atom. The molecular weight excluding hydrogens is 336 g/mol. The van der Waals surface area contributed by atoms with Gasteiger partial charge in [0.05, 0.1) is 25.3 Å². The number of carbonyl (C=O) groups is 2. The molecule has 1 aromatic carbocycles. The number of thiophene rings is 1. The molecule has 1 aliphatic heterocycles. The average Bonchev–Trinajstić information content (AvgIpc) is 3.18. The molecule has 1 N–H and O–H groups in total. The molecule has 1 fully saturated rings. The predicted molar refractivity (Wildman–Crippen MR) is 99.1 cm³/mol. The van der Waals surface area contributed by atoms with Gasteiger partial charge in [0.1, 0.15) is 5.75 Å². The molecule has 25 heavy (non-hydrogen) atoms. The van der Waals surface area contributed by atoms with Crippen LogP contribution in [0.3, 0.4) is 0 Å². The number of carbonyl (C=O) groups excluding carboxylic acids is 2. The van der Waals surface area contributed by atoms with Gasteiger partial charge >= 0.3 is 0 Å². The maximum Gasteiger partial charge on any atom is 0.227 e. The molecule has 0 spiro atoms. The lowest BCUT2D eigenvalue weighted by Gasteiger charge is -2.20. The number of aryl methyl sites for hydroxylation is 2. The van der Waals surface area contributed by atoms with Crippen LogP contribution in [0.1, 0.15) is 22.4 Å². The molecule has 0 saturated carbocycles. The van der Waals surface area contributed by atoms with Crippen molar-refractivity contribution in [1.82, 2.24) is 5.32 Å².